The van der Waals surface area contributed by atoms with Crippen molar-refractivity contribution >= 4 is 50.6 Å². The van der Waals surface area contributed by atoms with E-state index in [9.17, 15) is 9.59 Å². The zero-order valence-electron chi connectivity index (χ0n) is 18.4. The second-order valence-electron chi connectivity index (χ2n) is 8.07. The van der Waals surface area contributed by atoms with Crippen LogP contribution >= 0.6 is 27.5 Å². The van der Waals surface area contributed by atoms with Crippen LogP contribution in [0, 0.1) is 0 Å². The number of aromatic nitrogens is 2. The van der Waals surface area contributed by atoms with Crippen LogP contribution in [0.4, 0.5) is 0 Å². The lowest BCUT2D eigenvalue weighted by atomic mass is 9.95. The molecule has 32 heavy (non-hydrogen) atoms. The van der Waals surface area contributed by atoms with Crippen molar-refractivity contribution in [2.75, 3.05) is 6.61 Å². The number of ether oxygens (including phenoxy) is 2. The van der Waals surface area contributed by atoms with Gasteiger partial charge >= 0.3 is 5.97 Å². The normalized spacial score (nSPS) is 11.8. The summed E-state index contributed by atoms with van der Waals surface area (Å²) in [5, 5.41) is 5.07. The summed E-state index contributed by atoms with van der Waals surface area (Å²) in [6, 6.07) is 8.59. The van der Waals surface area contributed by atoms with E-state index in [1.165, 1.54) is 17.8 Å². The quantitative estimate of drug-likeness (QED) is 0.258. The summed E-state index contributed by atoms with van der Waals surface area (Å²) in [5.41, 5.74) is 0.438. The molecule has 3 rings (SSSR count). The van der Waals surface area contributed by atoms with E-state index in [-0.39, 0.29) is 16.3 Å². The molecule has 1 heterocycles. The van der Waals surface area contributed by atoms with Gasteiger partial charge in [-0.15, -0.1) is 0 Å². The van der Waals surface area contributed by atoms with Gasteiger partial charge < -0.3 is 9.47 Å². The van der Waals surface area contributed by atoms with Crippen LogP contribution in [0.5, 0.6) is 11.5 Å². The van der Waals surface area contributed by atoms with Crippen molar-refractivity contribution in [2.45, 2.75) is 40.0 Å². The van der Waals surface area contributed by atoms with Crippen molar-refractivity contribution in [3.63, 3.8) is 0 Å². The Labute approximate surface area is 199 Å². The maximum absolute atomic E-state index is 13.3. The molecule has 0 atom stereocenters. The second-order valence-corrected chi connectivity index (χ2v) is 9.39. The van der Waals surface area contributed by atoms with Crippen LogP contribution in [0.3, 0.4) is 0 Å². The molecule has 0 aliphatic rings. The fourth-order valence-electron chi connectivity index (χ4n) is 3.03. The average molecular weight is 521 g/mol. The van der Waals surface area contributed by atoms with E-state index in [2.05, 4.69) is 21.0 Å². The van der Waals surface area contributed by atoms with Gasteiger partial charge in [0.2, 0.25) is 0 Å². The number of esters is 1. The van der Waals surface area contributed by atoms with Crippen LogP contribution in [-0.4, -0.2) is 28.5 Å². The fraction of sp³-hybridized carbons (Fsp3) is 0.304. The van der Waals surface area contributed by atoms with E-state index in [0.717, 1.165) is 4.47 Å². The van der Waals surface area contributed by atoms with Crippen LogP contribution in [-0.2, 0) is 10.2 Å². The number of fused-ring (bicyclic) bond motifs is 1. The highest BCUT2D eigenvalue weighted by Gasteiger charge is 2.23. The van der Waals surface area contributed by atoms with E-state index in [0.29, 0.717) is 34.6 Å². The number of rotatable bonds is 5. The summed E-state index contributed by atoms with van der Waals surface area (Å²) in [6.07, 6.45) is 1.49. The minimum absolute atomic E-state index is 0.142. The van der Waals surface area contributed by atoms with Gasteiger partial charge in [0.25, 0.3) is 5.56 Å². The zero-order valence-corrected chi connectivity index (χ0v) is 20.7. The topological polar surface area (TPSA) is 82.8 Å². The molecule has 0 N–H and O–H groups in total. The van der Waals surface area contributed by atoms with Gasteiger partial charge in [0.1, 0.15) is 5.82 Å². The molecule has 9 heteroatoms. The highest BCUT2D eigenvalue weighted by Crippen LogP contribution is 2.36. The first kappa shape index (κ1) is 23.9. The first-order valence-corrected chi connectivity index (χ1v) is 11.1. The predicted octanol–water partition coefficient (Wildman–Crippen LogP) is 5.32. The van der Waals surface area contributed by atoms with Crippen LogP contribution in [0.25, 0.3) is 10.9 Å². The van der Waals surface area contributed by atoms with Crippen molar-refractivity contribution in [2.24, 2.45) is 5.10 Å². The van der Waals surface area contributed by atoms with E-state index in [1.807, 2.05) is 26.8 Å². The van der Waals surface area contributed by atoms with Gasteiger partial charge in [-0.1, -0.05) is 48.3 Å². The number of hydrogen-bond acceptors (Lipinski definition) is 6. The van der Waals surface area contributed by atoms with Crippen LogP contribution < -0.4 is 15.0 Å². The number of carbonyl (C=O) groups excluding carboxylic acids is 1. The molecule has 0 bridgehead atoms. The lowest BCUT2D eigenvalue weighted by Gasteiger charge is -2.21. The molecule has 0 radical (unpaired) electrons. The van der Waals surface area contributed by atoms with Crippen molar-refractivity contribution in [3.8, 4) is 11.5 Å². The number of halogens is 2. The number of nitrogens with zero attached hydrogens (tertiary/aromatic N) is 3. The first-order chi connectivity index (χ1) is 15.0. The van der Waals surface area contributed by atoms with E-state index < -0.39 is 11.4 Å². The van der Waals surface area contributed by atoms with Crippen molar-refractivity contribution in [1.29, 1.82) is 0 Å². The molecule has 0 saturated heterocycles. The molecule has 0 fully saturated rings. The zero-order chi connectivity index (χ0) is 23.6. The second kappa shape index (κ2) is 9.42. The summed E-state index contributed by atoms with van der Waals surface area (Å²) in [4.78, 5) is 29.4. The molecule has 168 valence electrons. The molecule has 1 aromatic heterocycles. The van der Waals surface area contributed by atoms with Gasteiger partial charge in [-0.25, -0.2) is 4.98 Å². The van der Waals surface area contributed by atoms with Gasteiger partial charge in [-0.2, -0.15) is 9.78 Å². The summed E-state index contributed by atoms with van der Waals surface area (Å²) in [5.74, 6) is 0.453. The summed E-state index contributed by atoms with van der Waals surface area (Å²) in [6.45, 7) is 9.33. The first-order valence-electron chi connectivity index (χ1n) is 9.93. The SMILES string of the molecule is CCOc1cc(C=Nn2c(C(C)(C)C)nc3ccc(Br)cc3c2=O)cc(Cl)c1OC(C)=O. The van der Waals surface area contributed by atoms with Crippen LogP contribution in [0.15, 0.2) is 44.7 Å². The predicted molar refractivity (Wildman–Crippen MR) is 129 cm³/mol. The minimum Gasteiger partial charge on any atom is -0.490 e. The Morgan fingerprint density at radius 3 is 2.62 bits per heavy atom. The Kier molecular flexibility index (Phi) is 7.05. The third kappa shape index (κ3) is 5.19. The Bertz CT molecular complexity index is 1280. The Morgan fingerprint density at radius 2 is 2.00 bits per heavy atom. The van der Waals surface area contributed by atoms with E-state index in [1.54, 1.807) is 31.2 Å². The van der Waals surface area contributed by atoms with Crippen molar-refractivity contribution in [1.82, 2.24) is 9.66 Å². The summed E-state index contributed by atoms with van der Waals surface area (Å²) in [7, 11) is 0. The van der Waals surface area contributed by atoms with Gasteiger partial charge in [0, 0.05) is 16.8 Å². The molecule has 2 aromatic carbocycles. The molecule has 0 amide bonds. The van der Waals surface area contributed by atoms with E-state index in [4.69, 9.17) is 26.1 Å². The number of benzene rings is 2. The van der Waals surface area contributed by atoms with E-state index >= 15 is 0 Å². The van der Waals surface area contributed by atoms with Gasteiger partial charge in [-0.3, -0.25) is 9.59 Å². The minimum atomic E-state index is -0.510. The molecule has 0 unspecified atom stereocenters. The highest BCUT2D eigenvalue weighted by molar-refractivity contribution is 9.10. The van der Waals surface area contributed by atoms with Crippen molar-refractivity contribution < 1.29 is 14.3 Å². The molecule has 7 nitrogen and oxygen atoms in total. The van der Waals surface area contributed by atoms with Crippen molar-refractivity contribution in [3.05, 3.63) is 61.6 Å². The Morgan fingerprint density at radius 1 is 1.28 bits per heavy atom. The Balaban J connectivity index is 2.16. The third-order valence-corrected chi connectivity index (χ3v) is 5.15. The maximum Gasteiger partial charge on any atom is 0.308 e. The van der Waals surface area contributed by atoms with Gasteiger partial charge in [0.05, 0.1) is 28.7 Å². The molecule has 0 spiro atoms. The third-order valence-electron chi connectivity index (χ3n) is 4.38. The number of hydrogen-bond donors (Lipinski definition) is 0. The maximum atomic E-state index is 13.3. The van der Waals surface area contributed by atoms with Gasteiger partial charge in [0.15, 0.2) is 11.5 Å². The van der Waals surface area contributed by atoms with Crippen LogP contribution in [0.2, 0.25) is 5.02 Å². The van der Waals surface area contributed by atoms with Gasteiger partial charge in [-0.05, 0) is 42.8 Å². The molecule has 0 aliphatic heterocycles. The summed E-state index contributed by atoms with van der Waals surface area (Å²) < 4.78 is 12.8. The molecular formula is C23H23BrClN3O4. The standard InChI is InChI=1S/C23H23BrClN3O4/c1-6-31-19-10-14(9-17(25)20(19)32-13(2)29)12-26-28-21(30)16-11-15(24)7-8-18(16)27-22(28)23(3,4)5/h7-12H,6H2,1-5H3. The number of carbonyl (C=O) groups is 1. The monoisotopic (exact) mass is 519 g/mol. The lowest BCUT2D eigenvalue weighted by molar-refractivity contribution is -0.132. The fourth-order valence-corrected chi connectivity index (χ4v) is 3.65. The summed E-state index contributed by atoms with van der Waals surface area (Å²) >= 11 is 9.72. The molecular weight excluding hydrogens is 498 g/mol. The van der Waals surface area contributed by atoms with Crippen LogP contribution in [0.1, 0.15) is 46.0 Å². The molecule has 0 saturated carbocycles. The highest BCUT2D eigenvalue weighted by atomic mass is 79.9. The average Bonchev–Trinajstić information content (AvgIpc) is 2.69. The Hall–Kier alpha value is -2.71. The molecule has 0 aliphatic carbocycles. The lowest BCUT2D eigenvalue weighted by Crippen LogP contribution is -2.29. The largest absolute Gasteiger partial charge is 0.490 e. The smallest absolute Gasteiger partial charge is 0.308 e. The molecule has 3 aromatic rings.